The summed E-state index contributed by atoms with van der Waals surface area (Å²) < 4.78 is 38.4. The van der Waals surface area contributed by atoms with Crippen LogP contribution in [-0.2, 0) is 28.0 Å². The fraction of sp³-hybridized carbons (Fsp3) is 0.0769. The lowest BCUT2D eigenvalue weighted by Crippen LogP contribution is -2.23. The Morgan fingerprint density at radius 1 is 1.00 bits per heavy atom. The predicted molar refractivity (Wildman–Crippen MR) is 132 cm³/mol. The van der Waals surface area contributed by atoms with Crippen molar-refractivity contribution in [1.82, 2.24) is 9.71 Å². The number of aromatic nitrogens is 1. The Labute approximate surface area is 203 Å². The summed E-state index contributed by atoms with van der Waals surface area (Å²) in [6.07, 6.45) is 6.22. The fourth-order valence-corrected chi connectivity index (χ4v) is 4.11. The highest BCUT2D eigenvalue weighted by atomic mass is 32.2. The van der Waals surface area contributed by atoms with E-state index in [2.05, 4.69) is 15.0 Å². The lowest BCUT2D eigenvalue weighted by Gasteiger charge is -2.08. The average Bonchev–Trinajstić information content (AvgIpc) is 3.40. The van der Waals surface area contributed by atoms with Gasteiger partial charge in [0, 0.05) is 18.0 Å². The van der Waals surface area contributed by atoms with E-state index >= 15 is 0 Å². The maximum atomic E-state index is 12.5. The van der Waals surface area contributed by atoms with Crippen molar-refractivity contribution in [3.8, 4) is 5.75 Å². The first-order chi connectivity index (χ1) is 17.0. The number of rotatable bonds is 10. The lowest BCUT2D eigenvalue weighted by atomic mass is 10.2. The molecule has 0 aliphatic heterocycles. The van der Waals surface area contributed by atoms with Crippen LogP contribution in [0.2, 0.25) is 0 Å². The Hall–Kier alpha value is -4.21. The smallest absolute Gasteiger partial charge is 0.248 e. The SMILES string of the molecule is O=C(/C=C/c1ccc(OCc2ccccn2)cc1)Nc1cccc(S(=O)(=O)NCc2ccco2)c1. The van der Waals surface area contributed by atoms with Crippen molar-refractivity contribution in [3.63, 3.8) is 0 Å². The number of amides is 1. The van der Waals surface area contributed by atoms with Crippen molar-refractivity contribution in [2.45, 2.75) is 18.0 Å². The van der Waals surface area contributed by atoms with Gasteiger partial charge in [-0.05, 0) is 66.2 Å². The van der Waals surface area contributed by atoms with Crippen LogP contribution in [0.25, 0.3) is 6.08 Å². The summed E-state index contributed by atoms with van der Waals surface area (Å²) in [7, 11) is -3.77. The minimum Gasteiger partial charge on any atom is -0.487 e. The van der Waals surface area contributed by atoms with Gasteiger partial charge in [-0.15, -0.1) is 0 Å². The third-order valence-corrected chi connectivity index (χ3v) is 6.25. The van der Waals surface area contributed by atoms with E-state index in [1.54, 1.807) is 36.5 Å². The lowest BCUT2D eigenvalue weighted by molar-refractivity contribution is -0.111. The topological polar surface area (TPSA) is 111 Å². The molecule has 35 heavy (non-hydrogen) atoms. The van der Waals surface area contributed by atoms with Gasteiger partial charge in [-0.25, -0.2) is 13.1 Å². The molecule has 1 amide bonds. The Balaban J connectivity index is 1.31. The van der Waals surface area contributed by atoms with E-state index in [0.29, 0.717) is 23.8 Å². The van der Waals surface area contributed by atoms with Gasteiger partial charge in [0.1, 0.15) is 18.1 Å². The number of pyridine rings is 1. The third kappa shape index (κ3) is 7.13. The van der Waals surface area contributed by atoms with Gasteiger partial charge >= 0.3 is 0 Å². The van der Waals surface area contributed by atoms with Crippen LogP contribution < -0.4 is 14.8 Å². The molecule has 9 heteroatoms. The molecule has 0 fully saturated rings. The molecule has 2 N–H and O–H groups in total. The third-order valence-electron chi connectivity index (χ3n) is 4.85. The standard InChI is InChI=1S/C26H23N3O5S/c30-26(14-11-20-9-12-23(13-10-20)34-19-22-5-1-2-15-27-22)29-21-6-3-8-25(17-21)35(31,32)28-18-24-7-4-16-33-24/h1-17,28H,18-19H2,(H,29,30)/b14-11+. The summed E-state index contributed by atoms with van der Waals surface area (Å²) in [4.78, 5) is 16.6. The fourth-order valence-electron chi connectivity index (χ4n) is 3.08. The molecule has 0 aliphatic carbocycles. The van der Waals surface area contributed by atoms with E-state index < -0.39 is 15.9 Å². The number of nitrogens with one attached hydrogen (secondary N) is 2. The Morgan fingerprint density at radius 3 is 2.60 bits per heavy atom. The first kappa shape index (κ1) is 23.9. The van der Waals surface area contributed by atoms with Crippen LogP contribution in [0.1, 0.15) is 17.0 Å². The van der Waals surface area contributed by atoms with E-state index in [1.807, 2.05) is 42.5 Å². The summed E-state index contributed by atoms with van der Waals surface area (Å²) >= 11 is 0. The highest BCUT2D eigenvalue weighted by Crippen LogP contribution is 2.17. The summed E-state index contributed by atoms with van der Waals surface area (Å²) in [6.45, 7) is 0.396. The molecule has 0 radical (unpaired) electrons. The normalized spacial score (nSPS) is 11.4. The van der Waals surface area contributed by atoms with Crippen molar-refractivity contribution < 1.29 is 22.4 Å². The molecule has 178 valence electrons. The van der Waals surface area contributed by atoms with Crippen LogP contribution in [0.15, 0.2) is 107 Å². The molecule has 0 unspecified atom stereocenters. The molecule has 0 bridgehead atoms. The van der Waals surface area contributed by atoms with Crippen molar-refractivity contribution in [1.29, 1.82) is 0 Å². The predicted octanol–water partition coefficient (Wildman–Crippen LogP) is 4.38. The zero-order valence-corrected chi connectivity index (χ0v) is 19.4. The van der Waals surface area contributed by atoms with Crippen LogP contribution >= 0.6 is 0 Å². The van der Waals surface area contributed by atoms with Crippen molar-refractivity contribution in [2.24, 2.45) is 0 Å². The van der Waals surface area contributed by atoms with Gasteiger partial charge in [-0.3, -0.25) is 9.78 Å². The highest BCUT2D eigenvalue weighted by Gasteiger charge is 2.15. The first-order valence-corrected chi connectivity index (χ1v) is 12.2. The number of sulfonamides is 1. The molecule has 4 rings (SSSR count). The van der Waals surface area contributed by atoms with Gasteiger partial charge in [0.25, 0.3) is 0 Å². The second kappa shape index (κ2) is 11.3. The minimum atomic E-state index is -3.77. The molecule has 2 aromatic carbocycles. The van der Waals surface area contributed by atoms with Crippen LogP contribution in [-0.4, -0.2) is 19.3 Å². The number of ether oxygens (including phenoxy) is 1. The zero-order valence-electron chi connectivity index (χ0n) is 18.6. The molecule has 0 aliphatic rings. The van der Waals surface area contributed by atoms with E-state index in [9.17, 15) is 13.2 Å². The number of furan rings is 1. The Kier molecular flexibility index (Phi) is 7.71. The first-order valence-electron chi connectivity index (χ1n) is 10.7. The number of benzene rings is 2. The van der Waals surface area contributed by atoms with Gasteiger partial charge in [-0.2, -0.15) is 0 Å². The van der Waals surface area contributed by atoms with E-state index in [-0.39, 0.29) is 11.4 Å². The molecule has 0 spiro atoms. The van der Waals surface area contributed by atoms with Crippen LogP contribution in [0.3, 0.4) is 0 Å². The number of carbonyl (C=O) groups is 1. The van der Waals surface area contributed by atoms with Gasteiger partial charge < -0.3 is 14.5 Å². The van der Waals surface area contributed by atoms with Crippen LogP contribution in [0.5, 0.6) is 5.75 Å². The van der Waals surface area contributed by atoms with Gasteiger partial charge in [0.05, 0.1) is 23.4 Å². The van der Waals surface area contributed by atoms with Crippen molar-refractivity contribution in [2.75, 3.05) is 5.32 Å². The monoisotopic (exact) mass is 489 g/mol. The second-order valence-corrected chi connectivity index (χ2v) is 9.20. The molecule has 8 nitrogen and oxygen atoms in total. The molecule has 0 atom stereocenters. The number of carbonyl (C=O) groups excluding carboxylic acids is 1. The van der Waals surface area contributed by atoms with Crippen molar-refractivity contribution in [3.05, 3.63) is 114 Å². The summed E-state index contributed by atoms with van der Waals surface area (Å²) in [5.74, 6) is 0.797. The highest BCUT2D eigenvalue weighted by molar-refractivity contribution is 7.89. The number of anilines is 1. The largest absolute Gasteiger partial charge is 0.487 e. The van der Waals surface area contributed by atoms with Crippen LogP contribution in [0, 0.1) is 0 Å². The molecular formula is C26H23N3O5S. The molecule has 2 aromatic heterocycles. The molecule has 4 aromatic rings. The molecule has 2 heterocycles. The van der Waals surface area contributed by atoms with Gasteiger partial charge in [0.2, 0.25) is 15.9 Å². The summed E-state index contributed by atoms with van der Waals surface area (Å²) in [5.41, 5.74) is 2.00. The Bertz CT molecular complexity index is 1380. The van der Waals surface area contributed by atoms with E-state index in [0.717, 1.165) is 11.3 Å². The minimum absolute atomic E-state index is 0.0294. The maximum absolute atomic E-state index is 12.5. The van der Waals surface area contributed by atoms with Crippen LogP contribution in [0.4, 0.5) is 5.69 Å². The average molecular weight is 490 g/mol. The number of nitrogens with zero attached hydrogens (tertiary/aromatic N) is 1. The maximum Gasteiger partial charge on any atom is 0.248 e. The Morgan fingerprint density at radius 2 is 1.86 bits per heavy atom. The van der Waals surface area contributed by atoms with E-state index in [4.69, 9.17) is 9.15 Å². The van der Waals surface area contributed by atoms with Gasteiger partial charge in [0.15, 0.2) is 0 Å². The molecular weight excluding hydrogens is 466 g/mol. The number of hydrogen-bond donors (Lipinski definition) is 2. The second-order valence-electron chi connectivity index (χ2n) is 7.43. The van der Waals surface area contributed by atoms with Crippen molar-refractivity contribution >= 4 is 27.7 Å². The zero-order chi connectivity index (χ0) is 24.5. The van der Waals surface area contributed by atoms with E-state index in [1.165, 1.54) is 24.5 Å². The quantitative estimate of drug-likeness (QED) is 0.320. The molecule has 0 saturated heterocycles. The number of hydrogen-bond acceptors (Lipinski definition) is 6. The van der Waals surface area contributed by atoms with Gasteiger partial charge in [-0.1, -0.05) is 24.3 Å². The molecule has 0 saturated carbocycles. The summed E-state index contributed by atoms with van der Waals surface area (Å²) in [6, 6.07) is 22.3. The summed E-state index contributed by atoms with van der Waals surface area (Å²) in [5, 5.41) is 2.68.